The molecule has 0 aromatic rings. The summed E-state index contributed by atoms with van der Waals surface area (Å²) in [5, 5.41) is 3.66. The first-order valence-electron chi connectivity index (χ1n) is 7.54. The van der Waals surface area contributed by atoms with Crippen molar-refractivity contribution in [2.45, 2.75) is 78.4 Å². The smallest absolute Gasteiger partial charge is 0.0658 e. The molecule has 2 heteroatoms. The highest BCUT2D eigenvalue weighted by Gasteiger charge is 2.50. The summed E-state index contributed by atoms with van der Waals surface area (Å²) in [7, 11) is 0. The van der Waals surface area contributed by atoms with Crippen LogP contribution >= 0.6 is 0 Å². The van der Waals surface area contributed by atoms with Crippen LogP contribution in [-0.4, -0.2) is 25.3 Å². The Morgan fingerprint density at radius 1 is 1.18 bits per heavy atom. The van der Waals surface area contributed by atoms with Crippen LogP contribution in [0.4, 0.5) is 0 Å². The van der Waals surface area contributed by atoms with Crippen molar-refractivity contribution in [2.24, 2.45) is 5.41 Å². The molecular weight excluding hydrogens is 210 g/mol. The molecule has 0 amide bonds. The van der Waals surface area contributed by atoms with Crippen LogP contribution in [0.25, 0.3) is 0 Å². The largest absolute Gasteiger partial charge is 0.378 e. The Kier molecular flexibility index (Phi) is 6.50. The van der Waals surface area contributed by atoms with Gasteiger partial charge in [-0.05, 0) is 32.2 Å². The summed E-state index contributed by atoms with van der Waals surface area (Å²) >= 11 is 0. The molecule has 0 aliphatic heterocycles. The van der Waals surface area contributed by atoms with Gasteiger partial charge in [-0.2, -0.15) is 0 Å². The van der Waals surface area contributed by atoms with E-state index in [2.05, 4.69) is 33.0 Å². The van der Waals surface area contributed by atoms with Crippen molar-refractivity contribution in [2.75, 3.05) is 13.2 Å². The predicted octanol–water partition coefficient (Wildman–Crippen LogP) is 3.75. The summed E-state index contributed by atoms with van der Waals surface area (Å²) in [5.74, 6) is 0. The van der Waals surface area contributed by atoms with Crippen LogP contribution in [0.2, 0.25) is 0 Å². The van der Waals surface area contributed by atoms with E-state index in [9.17, 15) is 0 Å². The lowest BCUT2D eigenvalue weighted by molar-refractivity contribution is -0.129. The van der Waals surface area contributed by atoms with Gasteiger partial charge in [0, 0.05) is 18.1 Å². The van der Waals surface area contributed by atoms with Crippen LogP contribution in [-0.2, 0) is 4.74 Å². The molecule has 1 aliphatic carbocycles. The Balaban J connectivity index is 2.28. The zero-order valence-corrected chi connectivity index (χ0v) is 12.2. The highest BCUT2D eigenvalue weighted by Crippen LogP contribution is 2.45. The molecule has 3 unspecified atom stereocenters. The van der Waals surface area contributed by atoms with Crippen molar-refractivity contribution < 1.29 is 4.74 Å². The lowest BCUT2D eigenvalue weighted by atomic mass is 9.61. The van der Waals surface area contributed by atoms with Crippen LogP contribution in [0, 0.1) is 5.41 Å². The standard InChI is InChI=1S/C15H31NO/c1-5-8-9-11-17-14-12-13(16-10-6-2)15(14,4)7-3/h13-14,16H,5-12H2,1-4H3. The molecule has 3 atom stereocenters. The van der Waals surface area contributed by atoms with E-state index < -0.39 is 0 Å². The van der Waals surface area contributed by atoms with Gasteiger partial charge >= 0.3 is 0 Å². The first-order chi connectivity index (χ1) is 8.19. The summed E-state index contributed by atoms with van der Waals surface area (Å²) in [6.45, 7) is 11.2. The summed E-state index contributed by atoms with van der Waals surface area (Å²) in [6, 6.07) is 0.670. The Morgan fingerprint density at radius 3 is 2.53 bits per heavy atom. The minimum absolute atomic E-state index is 0.362. The van der Waals surface area contributed by atoms with Crippen molar-refractivity contribution >= 4 is 0 Å². The molecule has 0 heterocycles. The van der Waals surface area contributed by atoms with Gasteiger partial charge < -0.3 is 10.1 Å². The average Bonchev–Trinajstić information content (AvgIpc) is 2.35. The van der Waals surface area contributed by atoms with E-state index in [-0.39, 0.29) is 0 Å². The predicted molar refractivity (Wildman–Crippen MR) is 74.4 cm³/mol. The van der Waals surface area contributed by atoms with Crippen molar-refractivity contribution in [1.29, 1.82) is 0 Å². The average molecular weight is 241 g/mol. The van der Waals surface area contributed by atoms with E-state index in [0.717, 1.165) is 13.2 Å². The third kappa shape index (κ3) is 3.69. The van der Waals surface area contributed by atoms with Crippen LogP contribution in [0.1, 0.15) is 66.2 Å². The summed E-state index contributed by atoms with van der Waals surface area (Å²) in [6.07, 6.45) is 7.92. The Bertz CT molecular complexity index is 205. The Labute approximate surface area is 108 Å². The van der Waals surface area contributed by atoms with Gasteiger partial charge in [0.25, 0.3) is 0 Å². The Hall–Kier alpha value is -0.0800. The van der Waals surface area contributed by atoms with E-state index in [4.69, 9.17) is 4.74 Å². The van der Waals surface area contributed by atoms with E-state index >= 15 is 0 Å². The normalized spacial score (nSPS) is 32.5. The molecule has 1 aliphatic rings. The van der Waals surface area contributed by atoms with Gasteiger partial charge in [-0.1, -0.05) is 40.5 Å². The van der Waals surface area contributed by atoms with E-state index in [1.54, 1.807) is 0 Å². The zero-order valence-electron chi connectivity index (χ0n) is 12.2. The summed E-state index contributed by atoms with van der Waals surface area (Å²) in [4.78, 5) is 0. The van der Waals surface area contributed by atoms with Crippen LogP contribution in [0.3, 0.4) is 0 Å². The highest BCUT2D eigenvalue weighted by molar-refractivity contribution is 5.04. The van der Waals surface area contributed by atoms with Crippen LogP contribution in [0.15, 0.2) is 0 Å². The monoisotopic (exact) mass is 241 g/mol. The van der Waals surface area contributed by atoms with Gasteiger partial charge in [-0.3, -0.25) is 0 Å². The lowest BCUT2D eigenvalue weighted by Gasteiger charge is -2.54. The van der Waals surface area contributed by atoms with Gasteiger partial charge in [0.05, 0.1) is 6.10 Å². The number of ether oxygens (including phenoxy) is 1. The molecule has 0 radical (unpaired) electrons. The molecular formula is C15H31NO. The second-order valence-corrected chi connectivity index (χ2v) is 5.67. The van der Waals surface area contributed by atoms with E-state index in [1.807, 2.05) is 0 Å². The SMILES string of the molecule is CCCCCOC1CC(NCCC)C1(C)CC. The molecule has 0 aromatic heterocycles. The minimum Gasteiger partial charge on any atom is -0.378 e. The molecule has 17 heavy (non-hydrogen) atoms. The molecule has 1 saturated carbocycles. The first-order valence-corrected chi connectivity index (χ1v) is 7.54. The number of unbranched alkanes of at least 4 members (excludes halogenated alkanes) is 2. The maximum atomic E-state index is 6.06. The van der Waals surface area contributed by atoms with Gasteiger partial charge in [-0.25, -0.2) is 0 Å². The fourth-order valence-electron chi connectivity index (χ4n) is 2.76. The maximum Gasteiger partial charge on any atom is 0.0658 e. The summed E-state index contributed by atoms with van der Waals surface area (Å²) in [5.41, 5.74) is 0.362. The van der Waals surface area contributed by atoms with Crippen LogP contribution < -0.4 is 5.32 Å². The molecule has 0 bridgehead atoms. The quantitative estimate of drug-likeness (QED) is 0.621. The number of hydrogen-bond donors (Lipinski definition) is 1. The molecule has 102 valence electrons. The maximum absolute atomic E-state index is 6.06. The van der Waals surface area contributed by atoms with Crippen molar-refractivity contribution in [3.63, 3.8) is 0 Å². The third-order valence-corrected chi connectivity index (χ3v) is 4.45. The molecule has 1 N–H and O–H groups in total. The molecule has 1 rings (SSSR count). The number of hydrogen-bond acceptors (Lipinski definition) is 2. The second kappa shape index (κ2) is 7.38. The van der Waals surface area contributed by atoms with Gasteiger partial charge in [0.15, 0.2) is 0 Å². The second-order valence-electron chi connectivity index (χ2n) is 5.67. The van der Waals surface area contributed by atoms with Gasteiger partial charge in [-0.15, -0.1) is 0 Å². The van der Waals surface area contributed by atoms with Gasteiger partial charge in [0.1, 0.15) is 0 Å². The first kappa shape index (κ1) is 15.0. The van der Waals surface area contributed by atoms with Crippen molar-refractivity contribution in [1.82, 2.24) is 5.32 Å². The number of nitrogens with one attached hydrogen (secondary N) is 1. The Morgan fingerprint density at radius 2 is 1.94 bits per heavy atom. The zero-order chi connectivity index (χ0) is 12.7. The minimum atomic E-state index is 0.362. The fraction of sp³-hybridized carbons (Fsp3) is 1.00. The van der Waals surface area contributed by atoms with Crippen molar-refractivity contribution in [3.05, 3.63) is 0 Å². The van der Waals surface area contributed by atoms with E-state index in [1.165, 1.54) is 38.5 Å². The molecule has 0 spiro atoms. The lowest BCUT2D eigenvalue weighted by Crippen LogP contribution is -2.62. The molecule has 1 fully saturated rings. The summed E-state index contributed by atoms with van der Waals surface area (Å²) < 4.78 is 6.06. The van der Waals surface area contributed by atoms with Crippen LogP contribution in [0.5, 0.6) is 0 Å². The fourth-order valence-corrected chi connectivity index (χ4v) is 2.76. The number of rotatable bonds is 9. The highest BCUT2D eigenvalue weighted by atomic mass is 16.5. The van der Waals surface area contributed by atoms with Crippen molar-refractivity contribution in [3.8, 4) is 0 Å². The topological polar surface area (TPSA) is 21.3 Å². The van der Waals surface area contributed by atoms with E-state index in [0.29, 0.717) is 17.6 Å². The van der Waals surface area contributed by atoms with Gasteiger partial charge in [0.2, 0.25) is 0 Å². The molecule has 0 aromatic carbocycles. The molecule has 0 saturated heterocycles. The third-order valence-electron chi connectivity index (χ3n) is 4.45. The molecule has 2 nitrogen and oxygen atoms in total.